The van der Waals surface area contributed by atoms with Gasteiger partial charge in [0, 0.05) is 36.8 Å². The van der Waals surface area contributed by atoms with Gasteiger partial charge in [0.15, 0.2) is 11.5 Å². The van der Waals surface area contributed by atoms with Crippen molar-refractivity contribution in [2.45, 2.75) is 19.9 Å². The SMILES string of the molecule is Cc1c(C#Cc2ccnc3cc([C@@H](C)NC(=O)c4c(N)nn5cccnc45)c(-c4ccccc4)nc23)cnn1C. The van der Waals surface area contributed by atoms with E-state index in [4.69, 9.17) is 10.7 Å². The van der Waals surface area contributed by atoms with Crippen LogP contribution in [0.15, 0.2) is 73.3 Å². The fraction of sp³-hybridized carbons (Fsp3) is 0.133. The summed E-state index contributed by atoms with van der Waals surface area (Å²) in [5.41, 5.74) is 13.1. The molecule has 0 saturated carbocycles. The summed E-state index contributed by atoms with van der Waals surface area (Å²) >= 11 is 0. The molecule has 0 saturated heterocycles. The van der Waals surface area contributed by atoms with E-state index in [0.29, 0.717) is 16.7 Å². The fourth-order valence-corrected chi connectivity index (χ4v) is 4.57. The van der Waals surface area contributed by atoms with Crippen molar-refractivity contribution in [3.63, 3.8) is 0 Å². The number of rotatable bonds is 4. The molecule has 5 heterocycles. The second-order valence-corrected chi connectivity index (χ2v) is 9.38. The Kier molecular flexibility index (Phi) is 6.16. The summed E-state index contributed by atoms with van der Waals surface area (Å²) in [5.74, 6) is 6.20. The topological polar surface area (TPSA) is 129 Å². The summed E-state index contributed by atoms with van der Waals surface area (Å²) in [4.78, 5) is 27.3. The number of fused-ring (bicyclic) bond motifs is 2. The molecule has 0 bridgehead atoms. The van der Waals surface area contributed by atoms with Crippen molar-refractivity contribution >= 4 is 28.4 Å². The second-order valence-electron chi connectivity index (χ2n) is 9.38. The van der Waals surface area contributed by atoms with Gasteiger partial charge in [-0.3, -0.25) is 14.5 Å². The lowest BCUT2D eigenvalue weighted by Gasteiger charge is -2.19. The van der Waals surface area contributed by atoms with Crippen molar-refractivity contribution in [2.24, 2.45) is 7.05 Å². The van der Waals surface area contributed by atoms with Crippen LogP contribution < -0.4 is 11.1 Å². The molecule has 0 aliphatic heterocycles. The number of carbonyl (C=O) groups excluding carboxylic acids is 1. The number of hydrogen-bond donors (Lipinski definition) is 2. The zero-order valence-electron chi connectivity index (χ0n) is 22.1. The van der Waals surface area contributed by atoms with Crippen LogP contribution in [0.5, 0.6) is 0 Å². The van der Waals surface area contributed by atoms with E-state index in [2.05, 4.69) is 37.3 Å². The first kappa shape index (κ1) is 24.8. The van der Waals surface area contributed by atoms with Crippen LogP contribution in [0.1, 0.15) is 45.7 Å². The van der Waals surface area contributed by atoms with Gasteiger partial charge in [-0.25, -0.2) is 14.5 Å². The van der Waals surface area contributed by atoms with Crippen LogP contribution in [0.3, 0.4) is 0 Å². The van der Waals surface area contributed by atoms with Crippen LogP contribution in [-0.2, 0) is 7.05 Å². The molecule has 0 fully saturated rings. The highest BCUT2D eigenvalue weighted by atomic mass is 16.1. The number of nitrogens with one attached hydrogen (secondary N) is 1. The monoisotopic (exact) mass is 527 g/mol. The Morgan fingerprint density at radius 2 is 1.85 bits per heavy atom. The van der Waals surface area contributed by atoms with Crippen molar-refractivity contribution in [1.82, 2.24) is 39.7 Å². The minimum absolute atomic E-state index is 0.108. The summed E-state index contributed by atoms with van der Waals surface area (Å²) < 4.78 is 3.28. The van der Waals surface area contributed by atoms with Crippen LogP contribution in [0.2, 0.25) is 0 Å². The molecule has 3 N–H and O–H groups in total. The minimum atomic E-state index is -0.438. The predicted octanol–water partition coefficient (Wildman–Crippen LogP) is 3.85. The maximum absolute atomic E-state index is 13.4. The van der Waals surface area contributed by atoms with E-state index >= 15 is 0 Å². The van der Waals surface area contributed by atoms with E-state index in [1.165, 1.54) is 4.52 Å². The summed E-state index contributed by atoms with van der Waals surface area (Å²) in [6.07, 6.45) is 6.76. The number of anilines is 1. The van der Waals surface area contributed by atoms with Gasteiger partial charge in [-0.2, -0.15) is 5.10 Å². The van der Waals surface area contributed by atoms with Gasteiger partial charge < -0.3 is 11.1 Å². The van der Waals surface area contributed by atoms with E-state index in [1.807, 2.05) is 63.4 Å². The highest BCUT2D eigenvalue weighted by molar-refractivity contribution is 6.04. The molecule has 196 valence electrons. The maximum Gasteiger partial charge on any atom is 0.259 e. The smallest absolute Gasteiger partial charge is 0.259 e. The van der Waals surface area contributed by atoms with Crippen molar-refractivity contribution in [1.29, 1.82) is 0 Å². The molecule has 1 amide bonds. The molecule has 10 nitrogen and oxygen atoms in total. The summed E-state index contributed by atoms with van der Waals surface area (Å²) in [5, 5.41) is 11.5. The van der Waals surface area contributed by atoms with E-state index in [0.717, 1.165) is 33.6 Å². The number of aromatic nitrogens is 7. The molecule has 40 heavy (non-hydrogen) atoms. The second kappa shape index (κ2) is 9.96. The molecule has 6 aromatic rings. The molecular formula is C30H25N9O. The van der Waals surface area contributed by atoms with Crippen LogP contribution >= 0.6 is 0 Å². The normalized spacial score (nSPS) is 11.8. The molecule has 6 rings (SSSR count). The summed E-state index contributed by atoms with van der Waals surface area (Å²) in [6, 6.07) is 14.9. The number of carbonyl (C=O) groups is 1. The first-order valence-corrected chi connectivity index (χ1v) is 12.7. The Morgan fingerprint density at radius 3 is 2.62 bits per heavy atom. The van der Waals surface area contributed by atoms with Crippen molar-refractivity contribution in [3.8, 4) is 23.1 Å². The van der Waals surface area contributed by atoms with Crippen molar-refractivity contribution in [2.75, 3.05) is 5.73 Å². The van der Waals surface area contributed by atoms with Gasteiger partial charge in [0.25, 0.3) is 5.91 Å². The molecule has 0 aliphatic carbocycles. The van der Waals surface area contributed by atoms with E-state index < -0.39 is 6.04 Å². The number of pyridine rings is 2. The van der Waals surface area contributed by atoms with Gasteiger partial charge in [0.1, 0.15) is 11.1 Å². The van der Waals surface area contributed by atoms with Gasteiger partial charge in [-0.15, -0.1) is 5.10 Å². The first-order chi connectivity index (χ1) is 19.4. The maximum atomic E-state index is 13.4. The summed E-state index contributed by atoms with van der Waals surface area (Å²) in [6.45, 7) is 3.88. The lowest BCUT2D eigenvalue weighted by Crippen LogP contribution is -2.28. The number of nitrogens with two attached hydrogens (primary N) is 1. The van der Waals surface area contributed by atoms with E-state index in [-0.39, 0.29) is 17.3 Å². The Morgan fingerprint density at radius 1 is 1.05 bits per heavy atom. The number of benzene rings is 1. The lowest BCUT2D eigenvalue weighted by molar-refractivity contribution is 0.0942. The Hall–Kier alpha value is -5.56. The molecule has 1 aromatic carbocycles. The molecule has 0 aliphatic rings. The average molecular weight is 528 g/mol. The van der Waals surface area contributed by atoms with Crippen LogP contribution in [0.25, 0.3) is 27.9 Å². The molecule has 0 unspecified atom stereocenters. The standard InChI is InChI=1S/C30H25N9O/c1-18(35-30(40)25-28(31)37-39-15-7-13-33-29(25)39)23-16-24-27(36-26(23)20-8-5-4-6-9-20)21(12-14-32-24)10-11-22-17-34-38(3)19(22)2/h4-9,12-18H,1-3H3,(H2,31,37)(H,35,40)/t18-/m1/s1. The first-order valence-electron chi connectivity index (χ1n) is 12.7. The van der Waals surface area contributed by atoms with Gasteiger partial charge in [0.2, 0.25) is 0 Å². The zero-order valence-corrected chi connectivity index (χ0v) is 22.1. The summed E-state index contributed by atoms with van der Waals surface area (Å²) in [7, 11) is 1.89. The van der Waals surface area contributed by atoms with Crippen molar-refractivity contribution < 1.29 is 4.79 Å². The van der Waals surface area contributed by atoms with Gasteiger partial charge in [-0.1, -0.05) is 42.2 Å². The molecule has 0 radical (unpaired) electrons. The molecule has 10 heteroatoms. The number of nitrogen functional groups attached to an aromatic ring is 1. The highest BCUT2D eigenvalue weighted by Gasteiger charge is 2.23. The predicted molar refractivity (Wildman–Crippen MR) is 152 cm³/mol. The van der Waals surface area contributed by atoms with Crippen LogP contribution in [0.4, 0.5) is 5.82 Å². The van der Waals surface area contributed by atoms with Crippen molar-refractivity contribution in [3.05, 3.63) is 101 Å². The molecular weight excluding hydrogens is 502 g/mol. The molecule has 5 aromatic heterocycles. The Balaban J connectivity index is 1.43. The number of nitrogens with zero attached hydrogens (tertiary/aromatic N) is 7. The van der Waals surface area contributed by atoms with E-state index in [9.17, 15) is 4.79 Å². The third-order valence-electron chi connectivity index (χ3n) is 6.82. The lowest BCUT2D eigenvalue weighted by atomic mass is 9.98. The van der Waals surface area contributed by atoms with Gasteiger partial charge in [-0.05, 0) is 32.0 Å². The zero-order chi connectivity index (χ0) is 27.8. The Labute approximate surface area is 229 Å². The third kappa shape index (κ3) is 4.39. The fourth-order valence-electron chi connectivity index (χ4n) is 4.57. The largest absolute Gasteiger partial charge is 0.381 e. The molecule has 0 spiro atoms. The van der Waals surface area contributed by atoms with Crippen LogP contribution in [-0.4, -0.2) is 40.3 Å². The molecule has 1 atom stereocenters. The minimum Gasteiger partial charge on any atom is -0.381 e. The van der Waals surface area contributed by atoms with Gasteiger partial charge >= 0.3 is 0 Å². The number of amides is 1. The Bertz CT molecular complexity index is 1960. The third-order valence-corrected chi connectivity index (χ3v) is 6.82. The highest BCUT2D eigenvalue weighted by Crippen LogP contribution is 2.31. The van der Waals surface area contributed by atoms with Gasteiger partial charge in [0.05, 0.1) is 40.3 Å². The van der Waals surface area contributed by atoms with E-state index in [1.54, 1.807) is 35.5 Å². The number of aryl methyl sites for hydroxylation is 1. The van der Waals surface area contributed by atoms with Crippen LogP contribution in [0, 0.1) is 18.8 Å². The average Bonchev–Trinajstić information content (AvgIpc) is 3.48. The quantitative estimate of drug-likeness (QED) is 0.333. The number of hydrogen-bond acceptors (Lipinski definition) is 7.